The quantitative estimate of drug-likeness (QED) is 0.365. The number of anilines is 4. The molecule has 0 atom stereocenters. The van der Waals surface area contributed by atoms with Crippen LogP contribution in [0.15, 0.2) is 36.7 Å². The second kappa shape index (κ2) is 10.4. The highest BCUT2D eigenvalue weighted by atomic mass is 32.2. The van der Waals surface area contributed by atoms with Gasteiger partial charge in [0.1, 0.15) is 11.5 Å². The number of benzene rings is 1. The number of alkyl halides is 2. The summed E-state index contributed by atoms with van der Waals surface area (Å²) in [6.45, 7) is 1.23. The van der Waals surface area contributed by atoms with Crippen LogP contribution in [0.2, 0.25) is 0 Å². The van der Waals surface area contributed by atoms with Crippen molar-refractivity contribution in [3.63, 3.8) is 0 Å². The summed E-state index contributed by atoms with van der Waals surface area (Å²) in [4.78, 5) is 26.5. The van der Waals surface area contributed by atoms with Gasteiger partial charge in [-0.25, -0.2) is 22.2 Å². The summed E-state index contributed by atoms with van der Waals surface area (Å²) in [6.07, 6.45) is 7.17. The highest BCUT2D eigenvalue weighted by molar-refractivity contribution is 7.92. The maximum Gasteiger partial charge on any atom is 0.258 e. The van der Waals surface area contributed by atoms with E-state index >= 15 is 0 Å². The lowest BCUT2D eigenvalue weighted by atomic mass is 9.93. The van der Waals surface area contributed by atoms with Gasteiger partial charge in [0.05, 0.1) is 29.3 Å². The summed E-state index contributed by atoms with van der Waals surface area (Å²) in [5.74, 6) is -2.93. The molecule has 3 aromatic rings. The van der Waals surface area contributed by atoms with Crippen molar-refractivity contribution in [3.8, 4) is 0 Å². The largest absolute Gasteiger partial charge is 0.395 e. The van der Waals surface area contributed by atoms with Gasteiger partial charge in [0.15, 0.2) is 0 Å². The molecule has 1 spiro atoms. The Morgan fingerprint density at radius 1 is 1.00 bits per heavy atom. The average molecular weight is 590 g/mol. The normalized spacial score (nSPS) is 19.9. The Kier molecular flexibility index (Phi) is 7.00. The molecule has 3 N–H and O–H groups in total. The van der Waals surface area contributed by atoms with Crippen molar-refractivity contribution in [2.24, 2.45) is 5.41 Å². The van der Waals surface area contributed by atoms with Crippen molar-refractivity contribution in [1.29, 1.82) is 0 Å². The zero-order valence-electron chi connectivity index (χ0n) is 22.5. The van der Waals surface area contributed by atoms with E-state index in [9.17, 15) is 22.0 Å². The summed E-state index contributed by atoms with van der Waals surface area (Å²) in [5, 5.41) is 12.0. The Morgan fingerprint density at radius 3 is 2.39 bits per heavy atom. The van der Waals surface area contributed by atoms with Gasteiger partial charge < -0.3 is 20.2 Å². The van der Waals surface area contributed by atoms with Crippen molar-refractivity contribution in [1.82, 2.24) is 14.4 Å². The number of nitrogens with zero attached hydrogens (tertiary/aromatic N) is 5. The monoisotopic (exact) mass is 589 g/mol. The number of imidazole rings is 1. The number of aromatic nitrogens is 3. The van der Waals surface area contributed by atoms with Crippen molar-refractivity contribution >= 4 is 44.7 Å². The van der Waals surface area contributed by atoms with E-state index in [2.05, 4.69) is 24.9 Å². The Labute approximate surface area is 236 Å². The minimum atomic E-state index is -3.75. The summed E-state index contributed by atoms with van der Waals surface area (Å²) in [7, 11) is -3.75. The lowest BCUT2D eigenvalue weighted by Gasteiger charge is -2.35. The molecule has 2 aromatic heterocycles. The fourth-order valence-corrected chi connectivity index (χ4v) is 6.54. The third kappa shape index (κ3) is 5.94. The zero-order chi connectivity index (χ0) is 28.8. The van der Waals surface area contributed by atoms with E-state index in [1.807, 2.05) is 0 Å². The van der Waals surface area contributed by atoms with Crippen LogP contribution in [0, 0.1) is 5.41 Å². The predicted molar refractivity (Wildman–Crippen MR) is 151 cm³/mol. The molecule has 0 bridgehead atoms. The number of aliphatic hydroxyl groups excluding tert-OH is 1. The van der Waals surface area contributed by atoms with Gasteiger partial charge in [-0.1, -0.05) is 0 Å². The first-order valence-corrected chi connectivity index (χ1v) is 15.5. The number of carbonyl (C=O) groups excluding carboxylic acids is 1. The topological polar surface area (TPSA) is 132 Å². The third-order valence-electron chi connectivity index (χ3n) is 8.39. The van der Waals surface area contributed by atoms with Gasteiger partial charge in [0, 0.05) is 57.5 Å². The molecule has 0 radical (unpaired) electrons. The summed E-state index contributed by atoms with van der Waals surface area (Å²) >= 11 is 0. The van der Waals surface area contributed by atoms with Crippen LogP contribution in [-0.2, 0) is 10.0 Å². The molecule has 6 rings (SSSR count). The molecular weight excluding hydrogens is 556 g/mol. The van der Waals surface area contributed by atoms with Gasteiger partial charge >= 0.3 is 0 Å². The number of hydrogen-bond acceptors (Lipinski definition) is 8. The molecule has 41 heavy (non-hydrogen) atoms. The van der Waals surface area contributed by atoms with Crippen LogP contribution in [0.4, 0.5) is 31.9 Å². The van der Waals surface area contributed by atoms with Crippen LogP contribution in [0.25, 0.3) is 5.65 Å². The Bertz CT molecular complexity index is 1550. The molecule has 1 aliphatic carbocycles. The van der Waals surface area contributed by atoms with E-state index in [4.69, 9.17) is 5.11 Å². The number of aliphatic hydroxyl groups is 1. The second-order valence-corrected chi connectivity index (χ2v) is 13.1. The van der Waals surface area contributed by atoms with Gasteiger partial charge in [0.2, 0.25) is 16.0 Å². The smallest absolute Gasteiger partial charge is 0.258 e. The highest BCUT2D eigenvalue weighted by Crippen LogP contribution is 2.54. The Morgan fingerprint density at radius 2 is 1.71 bits per heavy atom. The lowest BCUT2D eigenvalue weighted by Crippen LogP contribution is -2.40. The number of fused-ring (bicyclic) bond motifs is 1. The van der Waals surface area contributed by atoms with E-state index in [-0.39, 0.29) is 31.7 Å². The first-order valence-electron chi connectivity index (χ1n) is 13.8. The molecule has 3 fully saturated rings. The number of carbonyl (C=O) groups is 1. The average Bonchev–Trinajstić information content (AvgIpc) is 3.50. The van der Waals surface area contributed by atoms with Crippen LogP contribution in [0.1, 0.15) is 48.9 Å². The minimum Gasteiger partial charge on any atom is -0.395 e. The van der Waals surface area contributed by atoms with E-state index in [1.165, 1.54) is 18.9 Å². The third-order valence-corrected chi connectivity index (χ3v) is 9.65. The number of sulfonamides is 1. The van der Waals surface area contributed by atoms with Gasteiger partial charge in [-0.2, -0.15) is 4.98 Å². The molecule has 2 aliphatic heterocycles. The standard InChI is InChI=1S/C27H33F2N7O4S/c28-27(29)7-12-35(13-8-27)25-32-22(18-23-30-9-14-36(23)25)31-24(38)20-2-1-19(33-41(39,40)16-15-37)17-21(20)34-10-5-26(3-4-26)6-11-34/h1-2,9,14,17-18,33,37H,3-8,10-13,15-16H2,(H,31,38). The SMILES string of the molecule is O=C(Nc1cc2nccn2c(N2CCC(F)(F)CC2)n1)c1ccc(NS(=O)(=O)CCO)cc1N1CCC2(CC1)CC2. The van der Waals surface area contributed by atoms with Gasteiger partial charge in [0.25, 0.3) is 11.8 Å². The number of rotatable bonds is 8. The van der Waals surface area contributed by atoms with Crippen LogP contribution < -0.4 is 19.8 Å². The highest BCUT2D eigenvalue weighted by Gasteiger charge is 2.44. The zero-order valence-corrected chi connectivity index (χ0v) is 23.3. The van der Waals surface area contributed by atoms with Gasteiger partial charge in [-0.15, -0.1) is 0 Å². The number of hydrogen-bond donors (Lipinski definition) is 3. The summed E-state index contributed by atoms with van der Waals surface area (Å²) in [5.41, 5.74) is 2.17. The van der Waals surface area contributed by atoms with Crippen molar-refractivity contribution in [3.05, 3.63) is 42.2 Å². The molecule has 1 aromatic carbocycles. The van der Waals surface area contributed by atoms with E-state index in [0.29, 0.717) is 33.9 Å². The first-order chi connectivity index (χ1) is 19.6. The Balaban J connectivity index is 1.29. The number of amides is 1. The molecule has 220 valence electrons. The van der Waals surface area contributed by atoms with Crippen LogP contribution in [-0.4, -0.2) is 78.3 Å². The molecule has 14 heteroatoms. The summed E-state index contributed by atoms with van der Waals surface area (Å²) < 4.78 is 56.4. The molecule has 3 aliphatic rings. The first kappa shape index (κ1) is 27.6. The number of piperidine rings is 2. The van der Waals surface area contributed by atoms with Crippen molar-refractivity contribution in [2.45, 2.75) is 44.4 Å². The van der Waals surface area contributed by atoms with Crippen molar-refractivity contribution in [2.75, 3.05) is 58.4 Å². The molecular formula is C27H33F2N7O4S. The van der Waals surface area contributed by atoms with Gasteiger partial charge in [-0.05, 0) is 49.3 Å². The Hall–Kier alpha value is -3.52. The van der Waals surface area contributed by atoms with E-state index in [0.717, 1.165) is 25.9 Å². The molecule has 4 heterocycles. The van der Waals surface area contributed by atoms with E-state index in [1.54, 1.807) is 39.9 Å². The number of nitrogens with one attached hydrogen (secondary N) is 2. The minimum absolute atomic E-state index is 0.124. The van der Waals surface area contributed by atoms with E-state index < -0.39 is 34.2 Å². The molecule has 0 unspecified atom stereocenters. The lowest BCUT2D eigenvalue weighted by molar-refractivity contribution is -0.0222. The number of halogens is 2. The second-order valence-electron chi connectivity index (χ2n) is 11.3. The van der Waals surface area contributed by atoms with Gasteiger partial charge in [-0.3, -0.25) is 13.9 Å². The maximum atomic E-state index is 13.8. The maximum absolute atomic E-state index is 13.8. The molecule has 11 nitrogen and oxygen atoms in total. The van der Waals surface area contributed by atoms with Crippen LogP contribution >= 0.6 is 0 Å². The van der Waals surface area contributed by atoms with Crippen molar-refractivity contribution < 1.29 is 27.1 Å². The molecule has 1 amide bonds. The molecule has 1 saturated carbocycles. The van der Waals surface area contributed by atoms with Crippen LogP contribution in [0.3, 0.4) is 0 Å². The van der Waals surface area contributed by atoms with Crippen LogP contribution in [0.5, 0.6) is 0 Å². The molecule has 2 saturated heterocycles. The summed E-state index contributed by atoms with van der Waals surface area (Å²) in [6, 6.07) is 6.36. The fraction of sp³-hybridized carbons (Fsp3) is 0.519. The predicted octanol–water partition coefficient (Wildman–Crippen LogP) is 3.33. The fourth-order valence-electron chi connectivity index (χ4n) is 5.71.